The van der Waals surface area contributed by atoms with Crippen molar-refractivity contribution in [2.75, 3.05) is 37.2 Å². The second-order valence-electron chi connectivity index (χ2n) is 7.60. The average molecular weight is 426 g/mol. The Morgan fingerprint density at radius 3 is 2.65 bits per heavy atom. The number of ether oxygens (including phenoxy) is 2. The lowest BCUT2D eigenvalue weighted by molar-refractivity contribution is -0.145. The van der Waals surface area contributed by atoms with Gasteiger partial charge >= 0.3 is 5.97 Å². The Balaban J connectivity index is 1.86. The zero-order chi connectivity index (χ0) is 22.7. The Morgan fingerprint density at radius 2 is 1.97 bits per heavy atom. The number of nitrogen functional groups attached to an aromatic ring is 1. The highest BCUT2D eigenvalue weighted by molar-refractivity contribution is 6.10. The number of amides is 2. The van der Waals surface area contributed by atoms with Crippen LogP contribution in [0.5, 0.6) is 11.5 Å². The van der Waals surface area contributed by atoms with Crippen LogP contribution in [0.25, 0.3) is 0 Å². The molecule has 2 aromatic rings. The molecule has 31 heavy (non-hydrogen) atoms. The van der Waals surface area contributed by atoms with Crippen LogP contribution in [0.1, 0.15) is 23.7 Å². The predicted molar refractivity (Wildman–Crippen MR) is 117 cm³/mol. The third-order valence-electron chi connectivity index (χ3n) is 5.03. The lowest BCUT2D eigenvalue weighted by Gasteiger charge is -2.17. The number of fused-ring (bicyclic) bond motifs is 1. The molecule has 0 bridgehead atoms. The number of carbonyl (C=O) groups is 3. The van der Waals surface area contributed by atoms with Gasteiger partial charge in [0.05, 0.1) is 30.0 Å². The first-order valence-electron chi connectivity index (χ1n) is 9.78. The van der Waals surface area contributed by atoms with Crippen LogP contribution in [0.3, 0.4) is 0 Å². The van der Waals surface area contributed by atoms with Gasteiger partial charge in [0, 0.05) is 25.8 Å². The normalized spacial score (nSPS) is 16.3. The molecule has 0 fully saturated rings. The maximum Gasteiger partial charge on any atom is 0.308 e. The molecule has 0 unspecified atom stereocenters. The molecule has 0 saturated carbocycles. The van der Waals surface area contributed by atoms with Crippen molar-refractivity contribution < 1.29 is 23.9 Å². The summed E-state index contributed by atoms with van der Waals surface area (Å²) in [6, 6.07) is 9.51. The van der Waals surface area contributed by atoms with Gasteiger partial charge in [0.25, 0.3) is 5.91 Å². The second-order valence-corrected chi connectivity index (χ2v) is 7.60. The van der Waals surface area contributed by atoms with E-state index in [1.807, 2.05) is 37.2 Å². The molecule has 2 amide bonds. The molecule has 2 atom stereocenters. The summed E-state index contributed by atoms with van der Waals surface area (Å²) in [5.41, 5.74) is 7.83. The number of hydrogen-bond acceptors (Lipinski definition) is 7. The van der Waals surface area contributed by atoms with Crippen LogP contribution in [-0.4, -0.2) is 45.0 Å². The fraction of sp³-hybridized carbons (Fsp3) is 0.318. The number of hydrogen-bond donors (Lipinski definition) is 3. The standard InChI is InChI=1S/C22H26N4O5/c1-12(22(29)30-4)8-18-21(28)24-17-11-16(23)19(10-15(17)20(27)25-18)31-14-7-5-6-13(9-14)26(2)3/h5-7,9-12,18H,8,23H2,1-4H3,(H,24,28)(H,25,27)/t12-,18-/m1/s1. The second kappa shape index (κ2) is 8.95. The van der Waals surface area contributed by atoms with Crippen molar-refractivity contribution >= 4 is 34.8 Å². The maximum absolute atomic E-state index is 12.8. The number of esters is 1. The van der Waals surface area contributed by atoms with Gasteiger partial charge in [0.1, 0.15) is 11.8 Å². The van der Waals surface area contributed by atoms with E-state index in [0.717, 1.165) is 5.69 Å². The number of benzene rings is 2. The Hall–Kier alpha value is -3.75. The molecule has 1 aliphatic heterocycles. The molecular weight excluding hydrogens is 400 g/mol. The third kappa shape index (κ3) is 4.88. The molecule has 0 aliphatic carbocycles. The van der Waals surface area contributed by atoms with Crippen LogP contribution in [-0.2, 0) is 14.3 Å². The van der Waals surface area contributed by atoms with Gasteiger partial charge in [-0.25, -0.2) is 0 Å². The van der Waals surface area contributed by atoms with Crippen molar-refractivity contribution in [3.05, 3.63) is 42.0 Å². The van der Waals surface area contributed by atoms with Gasteiger partial charge in [-0.3, -0.25) is 14.4 Å². The van der Waals surface area contributed by atoms with E-state index in [-0.39, 0.29) is 23.4 Å². The van der Waals surface area contributed by atoms with Crippen molar-refractivity contribution in [1.29, 1.82) is 0 Å². The Morgan fingerprint density at radius 1 is 1.23 bits per heavy atom. The first-order valence-corrected chi connectivity index (χ1v) is 9.78. The summed E-state index contributed by atoms with van der Waals surface area (Å²) in [4.78, 5) is 39.1. The summed E-state index contributed by atoms with van der Waals surface area (Å²) in [6.07, 6.45) is 0.106. The average Bonchev–Trinajstić information content (AvgIpc) is 2.84. The summed E-state index contributed by atoms with van der Waals surface area (Å²) < 4.78 is 10.6. The zero-order valence-corrected chi connectivity index (χ0v) is 17.9. The number of nitrogens with zero attached hydrogens (tertiary/aromatic N) is 1. The first kappa shape index (κ1) is 21.9. The molecule has 0 radical (unpaired) electrons. The lowest BCUT2D eigenvalue weighted by Crippen LogP contribution is -2.43. The van der Waals surface area contributed by atoms with Crippen LogP contribution in [0.15, 0.2) is 36.4 Å². The topological polar surface area (TPSA) is 123 Å². The van der Waals surface area contributed by atoms with Gasteiger partial charge < -0.3 is 30.7 Å². The molecule has 3 rings (SSSR count). The Labute approximate surface area is 180 Å². The van der Waals surface area contributed by atoms with Gasteiger partial charge in [-0.1, -0.05) is 13.0 Å². The van der Waals surface area contributed by atoms with E-state index < -0.39 is 29.7 Å². The molecule has 0 aromatic heterocycles. The van der Waals surface area contributed by atoms with Crippen molar-refractivity contribution in [1.82, 2.24) is 5.32 Å². The smallest absolute Gasteiger partial charge is 0.308 e. The third-order valence-corrected chi connectivity index (χ3v) is 5.03. The summed E-state index contributed by atoms with van der Waals surface area (Å²) in [5, 5.41) is 5.37. The van der Waals surface area contributed by atoms with E-state index in [0.29, 0.717) is 11.5 Å². The summed E-state index contributed by atoms with van der Waals surface area (Å²) in [6.45, 7) is 1.63. The fourth-order valence-corrected chi connectivity index (χ4v) is 3.27. The molecule has 0 spiro atoms. The maximum atomic E-state index is 12.8. The minimum Gasteiger partial charge on any atom is -0.469 e. The molecule has 9 nitrogen and oxygen atoms in total. The minimum atomic E-state index is -0.892. The van der Waals surface area contributed by atoms with Crippen LogP contribution in [0.4, 0.5) is 17.1 Å². The number of rotatable bonds is 6. The monoisotopic (exact) mass is 426 g/mol. The van der Waals surface area contributed by atoms with E-state index in [9.17, 15) is 14.4 Å². The molecule has 1 heterocycles. The van der Waals surface area contributed by atoms with Crippen LogP contribution < -0.4 is 26.0 Å². The van der Waals surface area contributed by atoms with Crippen LogP contribution in [0.2, 0.25) is 0 Å². The van der Waals surface area contributed by atoms with Gasteiger partial charge in [0.15, 0.2) is 5.75 Å². The number of carbonyl (C=O) groups excluding carboxylic acids is 3. The van der Waals surface area contributed by atoms with Crippen molar-refractivity contribution in [2.45, 2.75) is 19.4 Å². The van der Waals surface area contributed by atoms with Gasteiger partial charge in [0.2, 0.25) is 5.91 Å². The van der Waals surface area contributed by atoms with E-state index >= 15 is 0 Å². The molecule has 9 heteroatoms. The number of nitrogens with two attached hydrogens (primary N) is 1. The highest BCUT2D eigenvalue weighted by Crippen LogP contribution is 2.35. The SMILES string of the molecule is COC(=O)[C@H](C)C[C@H]1NC(=O)c2cc(Oc3cccc(N(C)C)c3)c(N)cc2NC1=O. The van der Waals surface area contributed by atoms with Gasteiger partial charge in [-0.15, -0.1) is 0 Å². The lowest BCUT2D eigenvalue weighted by atomic mass is 10.0. The fourth-order valence-electron chi connectivity index (χ4n) is 3.27. The highest BCUT2D eigenvalue weighted by atomic mass is 16.5. The van der Waals surface area contributed by atoms with Crippen LogP contribution >= 0.6 is 0 Å². The number of methoxy groups -OCH3 is 1. The largest absolute Gasteiger partial charge is 0.469 e. The minimum absolute atomic E-state index is 0.106. The molecule has 164 valence electrons. The number of anilines is 3. The molecular formula is C22H26N4O5. The zero-order valence-electron chi connectivity index (χ0n) is 17.9. The van der Waals surface area contributed by atoms with Gasteiger partial charge in [-0.2, -0.15) is 0 Å². The van der Waals surface area contributed by atoms with Gasteiger partial charge in [-0.05, 0) is 30.7 Å². The van der Waals surface area contributed by atoms with E-state index in [4.69, 9.17) is 15.2 Å². The quantitative estimate of drug-likeness (QED) is 0.479. The van der Waals surface area contributed by atoms with Crippen LogP contribution in [0, 0.1) is 5.92 Å². The van der Waals surface area contributed by atoms with Crippen molar-refractivity contribution in [2.24, 2.45) is 5.92 Å². The van der Waals surface area contributed by atoms with E-state index in [2.05, 4.69) is 10.6 Å². The first-order chi connectivity index (χ1) is 14.7. The number of nitrogens with one attached hydrogen (secondary N) is 2. The summed E-state index contributed by atoms with van der Waals surface area (Å²) in [7, 11) is 5.11. The molecule has 1 aliphatic rings. The van der Waals surface area contributed by atoms with E-state index in [1.54, 1.807) is 13.0 Å². The highest BCUT2D eigenvalue weighted by Gasteiger charge is 2.31. The van der Waals surface area contributed by atoms with E-state index in [1.165, 1.54) is 19.2 Å². The molecule has 2 aromatic carbocycles. The van der Waals surface area contributed by atoms with Crippen molar-refractivity contribution in [3.63, 3.8) is 0 Å². The Bertz CT molecular complexity index is 1020. The molecule has 0 saturated heterocycles. The predicted octanol–water partition coefficient (Wildman–Crippen LogP) is 2.38. The summed E-state index contributed by atoms with van der Waals surface area (Å²) in [5.74, 6) is -1.07. The van der Waals surface area contributed by atoms with Crippen molar-refractivity contribution in [3.8, 4) is 11.5 Å². The molecule has 4 N–H and O–H groups in total. The Kier molecular flexibility index (Phi) is 6.33. The summed E-state index contributed by atoms with van der Waals surface area (Å²) >= 11 is 0.